The summed E-state index contributed by atoms with van der Waals surface area (Å²) in [6, 6.07) is 8.29. The minimum absolute atomic E-state index is 0.0731. The Morgan fingerprint density at radius 2 is 1.89 bits per heavy atom. The maximum atomic E-state index is 12.4. The molecule has 0 aliphatic rings. The predicted octanol–water partition coefficient (Wildman–Crippen LogP) is 1.64. The first kappa shape index (κ1) is 20.2. The summed E-state index contributed by atoms with van der Waals surface area (Å²) >= 11 is 0.935. The minimum atomic E-state index is -0.659. The average Bonchev–Trinajstić information content (AvgIpc) is 2.68. The van der Waals surface area contributed by atoms with Crippen molar-refractivity contribution >= 4 is 41.1 Å². The summed E-state index contributed by atoms with van der Waals surface area (Å²) in [5.74, 6) is -1.57. The molecule has 9 nitrogen and oxygen atoms in total. The van der Waals surface area contributed by atoms with Crippen LogP contribution in [0.5, 0.6) is 0 Å². The third-order valence-electron chi connectivity index (χ3n) is 3.31. The number of hydrogen-bond donors (Lipinski definition) is 3. The van der Waals surface area contributed by atoms with Gasteiger partial charge in [-0.2, -0.15) is 0 Å². The summed E-state index contributed by atoms with van der Waals surface area (Å²) in [5, 5.41) is 5.06. The Bertz CT molecular complexity index is 898. The number of aromatic amines is 1. The van der Waals surface area contributed by atoms with E-state index in [9.17, 15) is 19.2 Å². The molecule has 1 heterocycles. The Balaban J connectivity index is 2.33. The second-order valence-electron chi connectivity index (χ2n) is 5.18. The number of benzene rings is 1. The number of methoxy groups -OCH3 is 1. The number of amides is 2. The lowest BCUT2D eigenvalue weighted by atomic mass is 10.2. The fraction of sp³-hybridized carbons (Fsp3) is 0.235. The molecular weight excluding hydrogens is 372 g/mol. The molecule has 0 radical (unpaired) electrons. The summed E-state index contributed by atoms with van der Waals surface area (Å²) in [5.41, 5.74) is -0.505. The fourth-order valence-electron chi connectivity index (χ4n) is 1.91. The highest BCUT2D eigenvalue weighted by Gasteiger charge is 2.18. The van der Waals surface area contributed by atoms with Gasteiger partial charge in [-0.1, -0.05) is 36.9 Å². The summed E-state index contributed by atoms with van der Waals surface area (Å²) in [4.78, 5) is 54.4. The molecule has 0 fully saturated rings. The van der Waals surface area contributed by atoms with Gasteiger partial charge >= 0.3 is 5.97 Å². The maximum absolute atomic E-state index is 12.4. The molecule has 2 amide bonds. The Hall–Kier alpha value is -3.14. The zero-order valence-electron chi connectivity index (χ0n) is 14.7. The molecule has 0 bridgehead atoms. The van der Waals surface area contributed by atoms with E-state index in [4.69, 9.17) is 0 Å². The van der Waals surface area contributed by atoms with Gasteiger partial charge in [0, 0.05) is 12.0 Å². The SMILES string of the molecule is CCC(=O)Nc1nc(SCC(=O)OC)[nH]c(=O)c1NC(=O)c1ccccc1. The van der Waals surface area contributed by atoms with Gasteiger partial charge < -0.3 is 15.4 Å². The third-order valence-corrected chi connectivity index (χ3v) is 4.15. The Morgan fingerprint density at radius 3 is 2.52 bits per heavy atom. The zero-order valence-corrected chi connectivity index (χ0v) is 15.5. The van der Waals surface area contributed by atoms with Crippen LogP contribution in [0.4, 0.5) is 11.5 Å². The number of nitrogens with zero attached hydrogens (tertiary/aromatic N) is 1. The fourth-order valence-corrected chi connectivity index (χ4v) is 2.60. The van der Waals surface area contributed by atoms with Crippen molar-refractivity contribution in [2.45, 2.75) is 18.5 Å². The number of aromatic nitrogens is 2. The highest BCUT2D eigenvalue weighted by molar-refractivity contribution is 7.99. The van der Waals surface area contributed by atoms with Crippen molar-refractivity contribution in [2.75, 3.05) is 23.5 Å². The van der Waals surface area contributed by atoms with Crippen LogP contribution >= 0.6 is 11.8 Å². The normalized spacial score (nSPS) is 10.1. The first-order chi connectivity index (χ1) is 12.9. The van der Waals surface area contributed by atoms with E-state index >= 15 is 0 Å². The van der Waals surface area contributed by atoms with E-state index in [0.717, 1.165) is 11.8 Å². The second kappa shape index (κ2) is 9.53. The number of H-pyrrole nitrogens is 1. The van der Waals surface area contributed by atoms with Gasteiger partial charge in [0.05, 0.1) is 12.9 Å². The summed E-state index contributed by atoms with van der Waals surface area (Å²) < 4.78 is 4.53. The van der Waals surface area contributed by atoms with E-state index in [2.05, 4.69) is 25.3 Å². The molecule has 2 rings (SSSR count). The van der Waals surface area contributed by atoms with Crippen LogP contribution in [0.15, 0.2) is 40.3 Å². The van der Waals surface area contributed by atoms with Gasteiger partial charge in [0.1, 0.15) is 0 Å². The molecule has 3 N–H and O–H groups in total. The van der Waals surface area contributed by atoms with Crippen LogP contribution in [0.1, 0.15) is 23.7 Å². The van der Waals surface area contributed by atoms with Gasteiger partial charge in [-0.05, 0) is 12.1 Å². The highest BCUT2D eigenvalue weighted by Crippen LogP contribution is 2.20. The van der Waals surface area contributed by atoms with Crippen LogP contribution in [0, 0.1) is 0 Å². The largest absolute Gasteiger partial charge is 0.468 e. The monoisotopic (exact) mass is 390 g/mol. The Kier molecular flexibility index (Phi) is 7.12. The maximum Gasteiger partial charge on any atom is 0.316 e. The molecule has 27 heavy (non-hydrogen) atoms. The van der Waals surface area contributed by atoms with E-state index in [0.29, 0.717) is 5.56 Å². The Labute approximate surface area is 158 Å². The lowest BCUT2D eigenvalue weighted by molar-refractivity contribution is -0.137. The van der Waals surface area contributed by atoms with Gasteiger partial charge in [0.15, 0.2) is 16.7 Å². The first-order valence-corrected chi connectivity index (χ1v) is 8.93. The van der Waals surface area contributed by atoms with Crippen molar-refractivity contribution < 1.29 is 19.1 Å². The molecule has 0 aliphatic carbocycles. The number of esters is 1. The van der Waals surface area contributed by atoms with Gasteiger partial charge in [0.25, 0.3) is 11.5 Å². The highest BCUT2D eigenvalue weighted by atomic mass is 32.2. The quantitative estimate of drug-likeness (QED) is 0.372. The Morgan fingerprint density at radius 1 is 1.19 bits per heavy atom. The van der Waals surface area contributed by atoms with Crippen LogP contribution in [0.25, 0.3) is 0 Å². The standard InChI is InChI=1S/C17H18N4O5S/c1-3-11(22)18-14-13(19-15(24)10-7-5-4-6-8-10)16(25)21-17(20-14)27-9-12(23)26-2/h4-8H,3,9H2,1-2H3,(H,19,24)(H2,18,20,21,22,25). The van der Waals surface area contributed by atoms with Crippen LogP contribution < -0.4 is 16.2 Å². The minimum Gasteiger partial charge on any atom is -0.468 e. The van der Waals surface area contributed by atoms with E-state index in [1.165, 1.54) is 7.11 Å². The van der Waals surface area contributed by atoms with Gasteiger partial charge in [-0.15, -0.1) is 0 Å². The smallest absolute Gasteiger partial charge is 0.316 e. The van der Waals surface area contributed by atoms with E-state index in [-0.39, 0.29) is 34.7 Å². The van der Waals surface area contributed by atoms with E-state index in [1.807, 2.05) is 0 Å². The molecule has 1 aromatic heterocycles. The van der Waals surface area contributed by atoms with E-state index in [1.54, 1.807) is 37.3 Å². The van der Waals surface area contributed by atoms with Crippen molar-refractivity contribution in [1.82, 2.24) is 9.97 Å². The number of nitrogens with one attached hydrogen (secondary N) is 3. The molecule has 0 spiro atoms. The molecule has 0 aliphatic heterocycles. The van der Waals surface area contributed by atoms with Gasteiger partial charge in [0.2, 0.25) is 5.91 Å². The summed E-state index contributed by atoms with van der Waals surface area (Å²) in [7, 11) is 1.24. The van der Waals surface area contributed by atoms with Crippen molar-refractivity contribution in [1.29, 1.82) is 0 Å². The van der Waals surface area contributed by atoms with Crippen LogP contribution in [-0.2, 0) is 14.3 Å². The van der Waals surface area contributed by atoms with Crippen molar-refractivity contribution in [3.63, 3.8) is 0 Å². The molecule has 0 saturated carbocycles. The van der Waals surface area contributed by atoms with Crippen molar-refractivity contribution in [2.24, 2.45) is 0 Å². The molecular formula is C17H18N4O5S. The zero-order chi connectivity index (χ0) is 19.8. The molecule has 142 valence electrons. The molecule has 0 unspecified atom stereocenters. The second-order valence-corrected chi connectivity index (χ2v) is 6.15. The number of ether oxygens (including phenoxy) is 1. The third kappa shape index (κ3) is 5.68. The van der Waals surface area contributed by atoms with Crippen LogP contribution in [-0.4, -0.2) is 40.6 Å². The molecule has 2 aromatic rings. The lowest BCUT2D eigenvalue weighted by Crippen LogP contribution is -2.25. The summed E-state index contributed by atoms with van der Waals surface area (Å²) in [6.45, 7) is 1.64. The number of hydrogen-bond acceptors (Lipinski definition) is 7. The average molecular weight is 390 g/mol. The number of carbonyl (C=O) groups excluding carboxylic acids is 3. The number of carbonyl (C=O) groups is 3. The van der Waals surface area contributed by atoms with Crippen LogP contribution in [0.3, 0.4) is 0 Å². The van der Waals surface area contributed by atoms with Gasteiger partial charge in [-0.25, -0.2) is 4.98 Å². The van der Waals surface area contributed by atoms with Crippen molar-refractivity contribution in [3.05, 3.63) is 46.2 Å². The van der Waals surface area contributed by atoms with E-state index < -0.39 is 17.4 Å². The number of rotatable bonds is 7. The number of thioether (sulfide) groups is 1. The predicted molar refractivity (Wildman–Crippen MR) is 101 cm³/mol. The lowest BCUT2D eigenvalue weighted by Gasteiger charge is -2.12. The summed E-state index contributed by atoms with van der Waals surface area (Å²) in [6.07, 6.45) is 0.158. The van der Waals surface area contributed by atoms with Gasteiger partial charge in [-0.3, -0.25) is 24.2 Å². The molecule has 1 aromatic carbocycles. The first-order valence-electron chi connectivity index (χ1n) is 7.94. The van der Waals surface area contributed by atoms with Crippen LogP contribution in [0.2, 0.25) is 0 Å². The number of anilines is 2. The molecule has 10 heteroatoms. The van der Waals surface area contributed by atoms with Crippen molar-refractivity contribution in [3.8, 4) is 0 Å². The topological polar surface area (TPSA) is 130 Å². The molecule has 0 atom stereocenters. The molecule has 0 saturated heterocycles.